The molecule has 1 fully saturated rings. The van der Waals surface area contributed by atoms with Gasteiger partial charge < -0.3 is 15.1 Å². The van der Waals surface area contributed by atoms with Crippen LogP contribution >= 0.6 is 0 Å². The van der Waals surface area contributed by atoms with Gasteiger partial charge in [-0.3, -0.25) is 14.6 Å². The normalized spacial score (nSPS) is 22.7. The van der Waals surface area contributed by atoms with Crippen molar-refractivity contribution < 1.29 is 14.4 Å². The molecule has 0 unspecified atom stereocenters. The lowest BCUT2D eigenvalue weighted by molar-refractivity contribution is -0.143. The summed E-state index contributed by atoms with van der Waals surface area (Å²) >= 11 is 0. The van der Waals surface area contributed by atoms with Crippen LogP contribution in [0.25, 0.3) is 0 Å². The molecule has 0 radical (unpaired) electrons. The number of carbonyl (C=O) groups excluding carboxylic acids is 2. The van der Waals surface area contributed by atoms with Crippen LogP contribution in [0.3, 0.4) is 0 Å². The van der Waals surface area contributed by atoms with Gasteiger partial charge in [-0.1, -0.05) is 25.1 Å². The third kappa shape index (κ3) is 3.97. The van der Waals surface area contributed by atoms with Crippen molar-refractivity contribution in [2.45, 2.75) is 45.3 Å². The Morgan fingerprint density at radius 2 is 2.28 bits per heavy atom. The van der Waals surface area contributed by atoms with Crippen molar-refractivity contribution >= 4 is 17.5 Å². The van der Waals surface area contributed by atoms with E-state index in [1.54, 1.807) is 12.4 Å². The maximum Gasteiger partial charge on any atom is 0.269 e. The van der Waals surface area contributed by atoms with Crippen LogP contribution < -0.4 is 5.32 Å². The average molecular weight is 344 g/mol. The summed E-state index contributed by atoms with van der Waals surface area (Å²) in [4.78, 5) is 36.1. The van der Waals surface area contributed by atoms with Crippen molar-refractivity contribution in [2.75, 3.05) is 13.1 Å². The Balaban J connectivity index is 1.56. The molecule has 1 N–H and O–H groups in total. The van der Waals surface area contributed by atoms with Gasteiger partial charge in [0, 0.05) is 37.8 Å². The van der Waals surface area contributed by atoms with Crippen LogP contribution in [-0.4, -0.2) is 46.1 Å². The van der Waals surface area contributed by atoms with Crippen LogP contribution in [0.1, 0.15) is 38.7 Å². The highest BCUT2D eigenvalue weighted by atomic mass is 16.7. The van der Waals surface area contributed by atoms with Crippen molar-refractivity contribution in [1.29, 1.82) is 0 Å². The predicted octanol–water partition coefficient (Wildman–Crippen LogP) is 1.49. The van der Waals surface area contributed by atoms with Gasteiger partial charge in [0.2, 0.25) is 5.91 Å². The zero-order valence-electron chi connectivity index (χ0n) is 14.7. The number of amides is 2. The number of piperidine rings is 1. The molecule has 25 heavy (non-hydrogen) atoms. The van der Waals surface area contributed by atoms with E-state index in [4.69, 9.17) is 4.84 Å². The SMILES string of the molecule is CC(C)C(=O)N1CCC[C@]2(CC(C(=O)NCc3cccnc3)=NO2)C1. The highest BCUT2D eigenvalue weighted by Gasteiger charge is 2.45. The summed E-state index contributed by atoms with van der Waals surface area (Å²) in [7, 11) is 0. The lowest BCUT2D eigenvalue weighted by Gasteiger charge is -2.38. The van der Waals surface area contributed by atoms with E-state index in [2.05, 4.69) is 15.5 Å². The third-order valence-corrected chi connectivity index (χ3v) is 4.62. The molecule has 0 bridgehead atoms. The van der Waals surface area contributed by atoms with Crippen molar-refractivity contribution in [3.63, 3.8) is 0 Å². The number of likely N-dealkylation sites (tertiary alicyclic amines) is 1. The molecule has 2 amide bonds. The number of nitrogens with one attached hydrogen (secondary N) is 1. The number of nitrogens with zero attached hydrogens (tertiary/aromatic N) is 3. The molecule has 0 aromatic carbocycles. The minimum Gasteiger partial charge on any atom is -0.386 e. The number of hydrogen-bond acceptors (Lipinski definition) is 5. The van der Waals surface area contributed by atoms with Gasteiger partial charge in [0.05, 0.1) is 6.54 Å². The first-order valence-electron chi connectivity index (χ1n) is 8.70. The number of carbonyl (C=O) groups is 2. The minimum absolute atomic E-state index is 0.0419. The molecule has 3 heterocycles. The van der Waals surface area contributed by atoms with Gasteiger partial charge in [-0.15, -0.1) is 0 Å². The number of aromatic nitrogens is 1. The topological polar surface area (TPSA) is 83.9 Å². The standard InChI is InChI=1S/C18H24N4O3/c1-13(2)17(24)22-8-4-6-18(12-22)9-15(21-25-18)16(23)20-11-14-5-3-7-19-10-14/h3,5,7,10,13H,4,6,8-9,11-12H2,1-2H3,(H,20,23)/t18-/m0/s1. The fourth-order valence-corrected chi connectivity index (χ4v) is 3.30. The quantitative estimate of drug-likeness (QED) is 0.897. The molecule has 0 saturated carbocycles. The first kappa shape index (κ1) is 17.4. The number of pyridine rings is 1. The highest BCUT2D eigenvalue weighted by molar-refractivity contribution is 6.39. The molecule has 1 saturated heterocycles. The molecular formula is C18H24N4O3. The van der Waals surface area contributed by atoms with Gasteiger partial charge in [0.25, 0.3) is 5.91 Å². The fourth-order valence-electron chi connectivity index (χ4n) is 3.30. The molecule has 7 nitrogen and oxygen atoms in total. The largest absolute Gasteiger partial charge is 0.386 e. The summed E-state index contributed by atoms with van der Waals surface area (Å²) in [6.07, 6.45) is 5.51. The second kappa shape index (κ2) is 7.21. The van der Waals surface area contributed by atoms with Crippen molar-refractivity contribution in [1.82, 2.24) is 15.2 Å². The van der Waals surface area contributed by atoms with Gasteiger partial charge in [0.15, 0.2) is 5.60 Å². The maximum absolute atomic E-state index is 12.3. The van der Waals surface area contributed by atoms with E-state index in [1.807, 2.05) is 30.9 Å². The Morgan fingerprint density at radius 3 is 3.00 bits per heavy atom. The van der Waals surface area contributed by atoms with Gasteiger partial charge in [-0.05, 0) is 24.5 Å². The molecule has 1 spiro atoms. The first-order chi connectivity index (χ1) is 12.0. The molecule has 134 valence electrons. The Kier molecular flexibility index (Phi) is 5.01. The number of hydrogen-bond donors (Lipinski definition) is 1. The van der Waals surface area contributed by atoms with Gasteiger partial charge in [-0.2, -0.15) is 0 Å². The summed E-state index contributed by atoms with van der Waals surface area (Å²) in [5.41, 5.74) is 0.767. The molecule has 0 aliphatic carbocycles. The molecule has 1 aromatic rings. The molecular weight excluding hydrogens is 320 g/mol. The molecule has 1 atom stereocenters. The maximum atomic E-state index is 12.3. The van der Waals surface area contributed by atoms with Gasteiger partial charge >= 0.3 is 0 Å². The Labute approximate surface area is 147 Å². The Hall–Kier alpha value is -2.44. The van der Waals surface area contributed by atoms with Gasteiger partial charge in [-0.25, -0.2) is 0 Å². The van der Waals surface area contributed by atoms with E-state index in [-0.39, 0.29) is 17.7 Å². The third-order valence-electron chi connectivity index (χ3n) is 4.62. The summed E-state index contributed by atoms with van der Waals surface area (Å²) in [5.74, 6) is -0.148. The molecule has 2 aliphatic rings. The predicted molar refractivity (Wildman–Crippen MR) is 92.6 cm³/mol. The lowest BCUT2D eigenvalue weighted by Crippen LogP contribution is -2.51. The van der Waals surface area contributed by atoms with E-state index in [0.29, 0.717) is 25.2 Å². The second-order valence-corrected chi connectivity index (χ2v) is 7.05. The first-order valence-corrected chi connectivity index (χ1v) is 8.70. The molecule has 7 heteroatoms. The fraction of sp³-hybridized carbons (Fsp3) is 0.556. The van der Waals surface area contributed by atoms with Crippen molar-refractivity contribution in [3.05, 3.63) is 30.1 Å². The lowest BCUT2D eigenvalue weighted by atomic mass is 9.87. The van der Waals surface area contributed by atoms with E-state index in [9.17, 15) is 9.59 Å². The van der Waals surface area contributed by atoms with Crippen LogP contribution in [-0.2, 0) is 21.0 Å². The smallest absolute Gasteiger partial charge is 0.269 e. The summed E-state index contributed by atoms with van der Waals surface area (Å²) in [5, 5.41) is 6.86. The minimum atomic E-state index is -0.552. The summed E-state index contributed by atoms with van der Waals surface area (Å²) in [6.45, 7) is 5.42. The molecule has 1 aromatic heterocycles. The van der Waals surface area contributed by atoms with Crippen LogP contribution in [0.15, 0.2) is 29.7 Å². The Morgan fingerprint density at radius 1 is 1.44 bits per heavy atom. The van der Waals surface area contributed by atoms with Crippen molar-refractivity contribution in [2.24, 2.45) is 11.1 Å². The van der Waals surface area contributed by atoms with E-state index < -0.39 is 5.60 Å². The number of rotatable bonds is 4. The summed E-state index contributed by atoms with van der Waals surface area (Å²) < 4.78 is 0. The molecule has 3 rings (SSSR count). The van der Waals surface area contributed by atoms with Gasteiger partial charge in [0.1, 0.15) is 5.71 Å². The van der Waals surface area contributed by atoms with Crippen LogP contribution in [0, 0.1) is 5.92 Å². The molecule has 2 aliphatic heterocycles. The van der Waals surface area contributed by atoms with Crippen molar-refractivity contribution in [3.8, 4) is 0 Å². The Bertz CT molecular complexity index is 674. The highest BCUT2D eigenvalue weighted by Crippen LogP contribution is 2.34. The van der Waals surface area contributed by atoms with Crippen LogP contribution in [0.4, 0.5) is 0 Å². The zero-order valence-corrected chi connectivity index (χ0v) is 14.7. The monoisotopic (exact) mass is 344 g/mol. The van der Waals surface area contributed by atoms with E-state index >= 15 is 0 Å². The average Bonchev–Trinajstić information content (AvgIpc) is 3.03. The zero-order chi connectivity index (χ0) is 17.9. The van der Waals surface area contributed by atoms with E-state index in [0.717, 1.165) is 24.9 Å². The van der Waals surface area contributed by atoms with E-state index in [1.165, 1.54) is 0 Å². The van der Waals surface area contributed by atoms with Crippen LogP contribution in [0.2, 0.25) is 0 Å². The second-order valence-electron chi connectivity index (χ2n) is 7.05. The summed E-state index contributed by atoms with van der Waals surface area (Å²) in [6, 6.07) is 3.73. The van der Waals surface area contributed by atoms with Crippen LogP contribution in [0.5, 0.6) is 0 Å². The number of oxime groups is 1.